The zero-order valence-corrected chi connectivity index (χ0v) is 12.6. The van der Waals surface area contributed by atoms with E-state index in [0.29, 0.717) is 11.9 Å². The molecule has 2 aromatic heterocycles. The molecule has 106 valence electrons. The molecule has 1 unspecified atom stereocenters. The van der Waals surface area contributed by atoms with Crippen molar-refractivity contribution in [1.29, 1.82) is 0 Å². The first kappa shape index (κ1) is 12.9. The SMILES string of the molecule is Clc1cc2c(s1)CCC2Nc1ccc(-c2nnco2)cc1. The molecule has 1 aromatic carbocycles. The molecule has 1 atom stereocenters. The largest absolute Gasteiger partial charge is 0.423 e. The standard InChI is InChI=1S/C15H12ClN3OS/c16-14-7-11-12(5-6-13(11)21-14)18-10-3-1-9(2-4-10)15-19-17-8-20-15/h1-4,7-8,12,18H,5-6H2. The van der Waals surface area contributed by atoms with E-state index in [0.717, 1.165) is 28.4 Å². The van der Waals surface area contributed by atoms with Crippen molar-refractivity contribution in [1.82, 2.24) is 10.2 Å². The van der Waals surface area contributed by atoms with Gasteiger partial charge in [-0.05, 0) is 48.7 Å². The fourth-order valence-electron chi connectivity index (χ4n) is 2.69. The number of hydrogen-bond donors (Lipinski definition) is 1. The Kier molecular flexibility index (Phi) is 3.16. The van der Waals surface area contributed by atoms with Crippen molar-refractivity contribution in [2.24, 2.45) is 0 Å². The average Bonchev–Trinajstić information content (AvgIpc) is 3.19. The molecule has 1 aliphatic rings. The zero-order chi connectivity index (χ0) is 14.2. The van der Waals surface area contributed by atoms with Gasteiger partial charge in [0, 0.05) is 16.1 Å². The molecule has 0 spiro atoms. The van der Waals surface area contributed by atoms with E-state index in [2.05, 4.69) is 21.6 Å². The van der Waals surface area contributed by atoms with Gasteiger partial charge >= 0.3 is 0 Å². The molecule has 0 amide bonds. The zero-order valence-electron chi connectivity index (χ0n) is 11.0. The number of thiophene rings is 1. The molecule has 2 heterocycles. The fraction of sp³-hybridized carbons (Fsp3) is 0.200. The van der Waals surface area contributed by atoms with Crippen LogP contribution >= 0.6 is 22.9 Å². The van der Waals surface area contributed by atoms with Crippen LogP contribution in [-0.4, -0.2) is 10.2 Å². The van der Waals surface area contributed by atoms with Crippen molar-refractivity contribution in [3.05, 3.63) is 51.5 Å². The summed E-state index contributed by atoms with van der Waals surface area (Å²) in [6.45, 7) is 0. The van der Waals surface area contributed by atoms with Crippen LogP contribution in [0.1, 0.15) is 22.9 Å². The van der Waals surface area contributed by atoms with Crippen molar-refractivity contribution in [2.45, 2.75) is 18.9 Å². The monoisotopic (exact) mass is 317 g/mol. The second-order valence-electron chi connectivity index (χ2n) is 4.99. The summed E-state index contributed by atoms with van der Waals surface area (Å²) in [6.07, 6.45) is 3.55. The molecular formula is C15H12ClN3OS. The summed E-state index contributed by atoms with van der Waals surface area (Å²) in [5.74, 6) is 0.536. The quantitative estimate of drug-likeness (QED) is 0.770. The van der Waals surface area contributed by atoms with E-state index in [-0.39, 0.29) is 0 Å². The Morgan fingerprint density at radius 3 is 2.90 bits per heavy atom. The molecule has 0 bridgehead atoms. The molecular weight excluding hydrogens is 306 g/mol. The molecule has 0 saturated carbocycles. The van der Waals surface area contributed by atoms with Gasteiger partial charge in [-0.2, -0.15) is 0 Å². The first-order valence-electron chi connectivity index (χ1n) is 6.71. The number of aromatic nitrogens is 2. The molecule has 0 aliphatic heterocycles. The van der Waals surface area contributed by atoms with E-state index < -0.39 is 0 Å². The van der Waals surface area contributed by atoms with Gasteiger partial charge in [0.2, 0.25) is 12.3 Å². The minimum atomic E-state index is 0.345. The lowest BCUT2D eigenvalue weighted by molar-refractivity contribution is 0.568. The van der Waals surface area contributed by atoms with Crippen LogP contribution in [0, 0.1) is 0 Å². The van der Waals surface area contributed by atoms with Gasteiger partial charge in [-0.25, -0.2) is 0 Å². The summed E-state index contributed by atoms with van der Waals surface area (Å²) in [5, 5.41) is 11.2. The second-order valence-corrected chi connectivity index (χ2v) is 6.75. The molecule has 0 radical (unpaired) electrons. The van der Waals surface area contributed by atoms with Crippen LogP contribution in [0.4, 0.5) is 5.69 Å². The van der Waals surface area contributed by atoms with E-state index in [4.69, 9.17) is 16.0 Å². The predicted molar refractivity (Wildman–Crippen MR) is 83.7 cm³/mol. The number of aryl methyl sites for hydroxylation is 1. The topological polar surface area (TPSA) is 51.0 Å². The van der Waals surface area contributed by atoms with Gasteiger partial charge in [0.1, 0.15) is 0 Å². The highest BCUT2D eigenvalue weighted by molar-refractivity contribution is 7.16. The van der Waals surface area contributed by atoms with Crippen LogP contribution in [0.2, 0.25) is 4.34 Å². The molecule has 4 rings (SSSR count). The van der Waals surface area contributed by atoms with Gasteiger partial charge in [0.15, 0.2) is 0 Å². The normalized spacial score (nSPS) is 16.9. The third-order valence-electron chi connectivity index (χ3n) is 3.68. The highest BCUT2D eigenvalue weighted by Gasteiger charge is 2.24. The molecule has 0 fully saturated rings. The van der Waals surface area contributed by atoms with Crippen LogP contribution in [0.3, 0.4) is 0 Å². The van der Waals surface area contributed by atoms with Crippen LogP contribution in [0.25, 0.3) is 11.5 Å². The van der Waals surface area contributed by atoms with Gasteiger partial charge in [0.05, 0.1) is 10.4 Å². The Morgan fingerprint density at radius 1 is 1.29 bits per heavy atom. The average molecular weight is 318 g/mol. The summed E-state index contributed by atoms with van der Waals surface area (Å²) in [7, 11) is 0. The summed E-state index contributed by atoms with van der Waals surface area (Å²) >= 11 is 7.78. The van der Waals surface area contributed by atoms with Crippen LogP contribution < -0.4 is 5.32 Å². The molecule has 0 saturated heterocycles. The van der Waals surface area contributed by atoms with Crippen molar-refractivity contribution in [3.63, 3.8) is 0 Å². The molecule has 3 aromatic rings. The van der Waals surface area contributed by atoms with Crippen LogP contribution in [0.5, 0.6) is 0 Å². The number of rotatable bonds is 3. The summed E-state index contributed by atoms with van der Waals surface area (Å²) in [4.78, 5) is 1.40. The molecule has 4 nitrogen and oxygen atoms in total. The summed E-state index contributed by atoms with van der Waals surface area (Å²) in [5.41, 5.74) is 3.34. The first-order valence-corrected chi connectivity index (χ1v) is 7.90. The maximum atomic E-state index is 6.09. The van der Waals surface area contributed by atoms with Crippen LogP contribution in [0.15, 0.2) is 41.1 Å². The lowest BCUT2D eigenvalue weighted by Crippen LogP contribution is -2.06. The van der Waals surface area contributed by atoms with Crippen molar-refractivity contribution in [2.75, 3.05) is 5.32 Å². The smallest absolute Gasteiger partial charge is 0.247 e. The van der Waals surface area contributed by atoms with Crippen molar-refractivity contribution >= 4 is 28.6 Å². The number of fused-ring (bicyclic) bond motifs is 1. The van der Waals surface area contributed by atoms with E-state index in [1.54, 1.807) is 11.3 Å². The maximum Gasteiger partial charge on any atom is 0.247 e. The number of anilines is 1. The van der Waals surface area contributed by atoms with E-state index in [9.17, 15) is 0 Å². The number of hydrogen-bond acceptors (Lipinski definition) is 5. The van der Waals surface area contributed by atoms with E-state index in [1.807, 2.05) is 24.3 Å². The summed E-state index contributed by atoms with van der Waals surface area (Å²) in [6, 6.07) is 10.5. The number of benzene rings is 1. The Labute approximate surface area is 130 Å². The third kappa shape index (κ3) is 2.43. The Morgan fingerprint density at radius 2 is 2.14 bits per heavy atom. The number of nitrogens with zero attached hydrogens (tertiary/aromatic N) is 2. The Balaban J connectivity index is 1.53. The summed E-state index contributed by atoms with van der Waals surface area (Å²) < 4.78 is 6.06. The number of nitrogens with one attached hydrogen (secondary N) is 1. The highest BCUT2D eigenvalue weighted by Crippen LogP contribution is 2.40. The minimum absolute atomic E-state index is 0.345. The fourth-order valence-corrected chi connectivity index (χ4v) is 4.05. The number of halogens is 1. The third-order valence-corrected chi connectivity index (χ3v) is 5.02. The van der Waals surface area contributed by atoms with Gasteiger partial charge in [-0.3, -0.25) is 0 Å². The van der Waals surface area contributed by atoms with Crippen molar-refractivity contribution in [3.8, 4) is 11.5 Å². The van der Waals surface area contributed by atoms with E-state index in [1.165, 1.54) is 16.8 Å². The van der Waals surface area contributed by atoms with Gasteiger partial charge in [0.25, 0.3) is 0 Å². The Bertz CT molecular complexity index is 752. The highest BCUT2D eigenvalue weighted by atomic mass is 35.5. The lowest BCUT2D eigenvalue weighted by atomic mass is 10.1. The molecule has 6 heteroatoms. The second kappa shape index (κ2) is 5.16. The molecule has 21 heavy (non-hydrogen) atoms. The minimum Gasteiger partial charge on any atom is -0.423 e. The van der Waals surface area contributed by atoms with Gasteiger partial charge in [-0.15, -0.1) is 21.5 Å². The maximum absolute atomic E-state index is 6.09. The predicted octanol–water partition coefficient (Wildman–Crippen LogP) is 4.55. The first-order chi connectivity index (χ1) is 10.3. The van der Waals surface area contributed by atoms with Gasteiger partial charge in [-0.1, -0.05) is 11.6 Å². The molecule has 1 N–H and O–H groups in total. The van der Waals surface area contributed by atoms with Crippen molar-refractivity contribution < 1.29 is 4.42 Å². The van der Waals surface area contributed by atoms with E-state index >= 15 is 0 Å². The lowest BCUT2D eigenvalue weighted by Gasteiger charge is -2.14. The molecule has 1 aliphatic carbocycles. The van der Waals surface area contributed by atoms with Crippen LogP contribution in [-0.2, 0) is 6.42 Å². The van der Waals surface area contributed by atoms with Gasteiger partial charge < -0.3 is 9.73 Å². The Hall–Kier alpha value is -1.85.